The Balaban J connectivity index is 2.49. The van der Waals surface area contributed by atoms with Crippen LogP contribution in [-0.4, -0.2) is 36.6 Å². The molecule has 13 heavy (non-hydrogen) atoms. The molecule has 0 aromatic heterocycles. The van der Waals surface area contributed by atoms with Crippen LogP contribution in [0.3, 0.4) is 0 Å². The first-order valence-corrected chi connectivity index (χ1v) is 5.01. The topological polar surface area (TPSA) is 29.5 Å². The number of likely N-dealkylation sites (tertiary alicyclic amines) is 1. The van der Waals surface area contributed by atoms with Crippen molar-refractivity contribution < 1.29 is 9.53 Å². The van der Waals surface area contributed by atoms with Gasteiger partial charge in [0.05, 0.1) is 13.7 Å². The molecule has 0 spiro atoms. The molecule has 2 unspecified atom stereocenters. The minimum absolute atomic E-state index is 0.118. The van der Waals surface area contributed by atoms with Crippen molar-refractivity contribution in [2.24, 2.45) is 0 Å². The SMILES string of the molecule is CCC1CCC(C)N1CC(=O)OC. The first-order valence-electron chi connectivity index (χ1n) is 5.01. The van der Waals surface area contributed by atoms with Gasteiger partial charge in [-0.3, -0.25) is 9.69 Å². The number of rotatable bonds is 3. The second kappa shape index (κ2) is 4.61. The van der Waals surface area contributed by atoms with E-state index in [-0.39, 0.29) is 5.97 Å². The molecule has 0 amide bonds. The van der Waals surface area contributed by atoms with Crippen molar-refractivity contribution in [2.45, 2.75) is 45.2 Å². The van der Waals surface area contributed by atoms with E-state index in [1.165, 1.54) is 20.0 Å². The fourth-order valence-corrected chi connectivity index (χ4v) is 2.06. The molecule has 1 rings (SSSR count). The van der Waals surface area contributed by atoms with Gasteiger partial charge in [0.1, 0.15) is 0 Å². The first-order chi connectivity index (χ1) is 6.19. The van der Waals surface area contributed by atoms with E-state index in [0.717, 1.165) is 6.42 Å². The van der Waals surface area contributed by atoms with E-state index in [4.69, 9.17) is 0 Å². The number of carbonyl (C=O) groups excluding carboxylic acids is 1. The van der Waals surface area contributed by atoms with Gasteiger partial charge in [-0.2, -0.15) is 0 Å². The highest BCUT2D eigenvalue weighted by molar-refractivity contribution is 5.71. The fourth-order valence-electron chi connectivity index (χ4n) is 2.06. The third kappa shape index (κ3) is 2.44. The van der Waals surface area contributed by atoms with Crippen LogP contribution in [0.15, 0.2) is 0 Å². The minimum atomic E-state index is -0.118. The summed E-state index contributed by atoms with van der Waals surface area (Å²) in [6, 6.07) is 1.11. The van der Waals surface area contributed by atoms with E-state index in [1.807, 2.05) is 0 Å². The van der Waals surface area contributed by atoms with Crippen LogP contribution in [0.4, 0.5) is 0 Å². The maximum atomic E-state index is 11.1. The molecule has 0 N–H and O–H groups in total. The molecule has 76 valence electrons. The van der Waals surface area contributed by atoms with Crippen LogP contribution < -0.4 is 0 Å². The summed E-state index contributed by atoms with van der Waals surface area (Å²) >= 11 is 0. The van der Waals surface area contributed by atoms with Crippen molar-refractivity contribution in [1.82, 2.24) is 4.90 Å². The first kappa shape index (κ1) is 10.5. The number of hydrogen-bond donors (Lipinski definition) is 0. The Labute approximate surface area is 80.1 Å². The van der Waals surface area contributed by atoms with Gasteiger partial charge < -0.3 is 4.74 Å². The zero-order valence-corrected chi connectivity index (χ0v) is 8.75. The summed E-state index contributed by atoms with van der Waals surface area (Å²) in [4.78, 5) is 13.4. The Morgan fingerprint density at radius 2 is 2.23 bits per heavy atom. The average Bonchev–Trinajstić information content (AvgIpc) is 2.48. The number of nitrogens with zero attached hydrogens (tertiary/aromatic N) is 1. The van der Waals surface area contributed by atoms with Crippen molar-refractivity contribution in [3.63, 3.8) is 0 Å². The maximum absolute atomic E-state index is 11.1. The van der Waals surface area contributed by atoms with E-state index < -0.39 is 0 Å². The molecule has 3 nitrogen and oxygen atoms in total. The van der Waals surface area contributed by atoms with Gasteiger partial charge in [0.2, 0.25) is 0 Å². The Bertz CT molecular complexity index is 182. The zero-order valence-electron chi connectivity index (χ0n) is 8.75. The summed E-state index contributed by atoms with van der Waals surface area (Å²) in [5.41, 5.74) is 0. The lowest BCUT2D eigenvalue weighted by Crippen LogP contribution is -2.38. The molecule has 0 bridgehead atoms. The number of esters is 1. The Morgan fingerprint density at radius 3 is 2.77 bits per heavy atom. The molecule has 1 fully saturated rings. The smallest absolute Gasteiger partial charge is 0.319 e. The van der Waals surface area contributed by atoms with E-state index in [0.29, 0.717) is 18.6 Å². The molecule has 2 atom stereocenters. The molecule has 0 aromatic rings. The lowest BCUT2D eigenvalue weighted by Gasteiger charge is -2.25. The predicted molar refractivity (Wildman–Crippen MR) is 51.5 cm³/mol. The second-order valence-corrected chi connectivity index (χ2v) is 3.74. The third-order valence-corrected chi connectivity index (χ3v) is 2.96. The summed E-state index contributed by atoms with van der Waals surface area (Å²) in [6.07, 6.45) is 3.55. The van der Waals surface area contributed by atoms with Crippen LogP contribution in [0.1, 0.15) is 33.1 Å². The van der Waals surface area contributed by atoms with Crippen molar-refractivity contribution in [1.29, 1.82) is 0 Å². The van der Waals surface area contributed by atoms with Crippen molar-refractivity contribution >= 4 is 5.97 Å². The van der Waals surface area contributed by atoms with Gasteiger partial charge in [-0.05, 0) is 26.2 Å². The molecular formula is C10H19NO2. The highest BCUT2D eigenvalue weighted by Gasteiger charge is 2.30. The standard InChI is InChI=1S/C10H19NO2/c1-4-9-6-5-8(2)11(9)7-10(12)13-3/h8-9H,4-7H2,1-3H3. The molecule has 1 saturated heterocycles. The summed E-state index contributed by atoms with van der Waals surface area (Å²) < 4.78 is 4.67. The van der Waals surface area contributed by atoms with Gasteiger partial charge in [0.15, 0.2) is 0 Å². The molecule has 0 aromatic carbocycles. The van der Waals surface area contributed by atoms with Crippen LogP contribution >= 0.6 is 0 Å². The van der Waals surface area contributed by atoms with Crippen molar-refractivity contribution in [3.05, 3.63) is 0 Å². The second-order valence-electron chi connectivity index (χ2n) is 3.74. The van der Waals surface area contributed by atoms with Crippen molar-refractivity contribution in [3.8, 4) is 0 Å². The summed E-state index contributed by atoms with van der Waals surface area (Å²) in [5, 5.41) is 0. The van der Waals surface area contributed by atoms with Crippen LogP contribution in [0.5, 0.6) is 0 Å². The normalized spacial score (nSPS) is 29.2. The van der Waals surface area contributed by atoms with Crippen LogP contribution in [0.25, 0.3) is 0 Å². The number of methoxy groups -OCH3 is 1. The quantitative estimate of drug-likeness (QED) is 0.623. The lowest BCUT2D eigenvalue weighted by atomic mass is 10.1. The van der Waals surface area contributed by atoms with E-state index in [1.54, 1.807) is 0 Å². The Hall–Kier alpha value is -0.570. The largest absolute Gasteiger partial charge is 0.468 e. The highest BCUT2D eigenvalue weighted by Crippen LogP contribution is 2.25. The molecule has 1 aliphatic rings. The van der Waals surface area contributed by atoms with Gasteiger partial charge in [-0.25, -0.2) is 0 Å². The zero-order chi connectivity index (χ0) is 9.84. The van der Waals surface area contributed by atoms with E-state index in [2.05, 4.69) is 23.5 Å². The molecule has 0 saturated carbocycles. The maximum Gasteiger partial charge on any atom is 0.319 e. The lowest BCUT2D eigenvalue weighted by molar-refractivity contribution is -0.142. The van der Waals surface area contributed by atoms with E-state index >= 15 is 0 Å². The summed E-state index contributed by atoms with van der Waals surface area (Å²) in [7, 11) is 1.45. The van der Waals surface area contributed by atoms with Crippen LogP contribution in [0, 0.1) is 0 Å². The van der Waals surface area contributed by atoms with Gasteiger partial charge in [0, 0.05) is 12.1 Å². The predicted octanol–water partition coefficient (Wildman–Crippen LogP) is 1.42. The van der Waals surface area contributed by atoms with Gasteiger partial charge >= 0.3 is 5.97 Å². The highest BCUT2D eigenvalue weighted by atomic mass is 16.5. The fraction of sp³-hybridized carbons (Fsp3) is 0.900. The summed E-state index contributed by atoms with van der Waals surface area (Å²) in [5.74, 6) is -0.118. The molecule has 0 aliphatic carbocycles. The molecule has 1 heterocycles. The Morgan fingerprint density at radius 1 is 1.54 bits per heavy atom. The van der Waals surface area contributed by atoms with E-state index in [9.17, 15) is 4.79 Å². The Kier molecular flexibility index (Phi) is 3.72. The van der Waals surface area contributed by atoms with Gasteiger partial charge in [0.25, 0.3) is 0 Å². The average molecular weight is 185 g/mol. The molecule has 3 heteroatoms. The summed E-state index contributed by atoms with van der Waals surface area (Å²) in [6.45, 7) is 4.81. The van der Waals surface area contributed by atoms with Crippen molar-refractivity contribution in [2.75, 3.05) is 13.7 Å². The molecule has 1 aliphatic heterocycles. The molecule has 0 radical (unpaired) electrons. The van der Waals surface area contributed by atoms with Gasteiger partial charge in [-0.15, -0.1) is 0 Å². The molecular weight excluding hydrogens is 166 g/mol. The third-order valence-electron chi connectivity index (χ3n) is 2.96. The number of carbonyl (C=O) groups is 1. The number of ether oxygens (including phenoxy) is 1. The monoisotopic (exact) mass is 185 g/mol. The van der Waals surface area contributed by atoms with Crippen LogP contribution in [0.2, 0.25) is 0 Å². The minimum Gasteiger partial charge on any atom is -0.468 e. The number of hydrogen-bond acceptors (Lipinski definition) is 3. The van der Waals surface area contributed by atoms with Crippen LogP contribution in [-0.2, 0) is 9.53 Å². The van der Waals surface area contributed by atoms with Gasteiger partial charge in [-0.1, -0.05) is 6.92 Å².